The van der Waals surface area contributed by atoms with Gasteiger partial charge in [-0.25, -0.2) is 4.98 Å². The highest BCUT2D eigenvalue weighted by Crippen LogP contribution is 2.23. The average molecular weight is 286 g/mol. The zero-order chi connectivity index (χ0) is 15.5. The fourth-order valence-corrected chi connectivity index (χ4v) is 1.92. The van der Waals surface area contributed by atoms with Crippen molar-refractivity contribution in [2.24, 2.45) is 0 Å². The maximum absolute atomic E-state index is 12.0. The molecule has 1 aromatic carbocycles. The van der Waals surface area contributed by atoms with E-state index in [-0.39, 0.29) is 17.7 Å². The minimum absolute atomic E-state index is 0.0569. The SMILES string of the molecule is Cc1nc(C(C)(C)C)oc1CC(=O)NCc1ccccc1. The molecule has 0 atom stereocenters. The summed E-state index contributed by atoms with van der Waals surface area (Å²) in [6.07, 6.45) is 0.224. The van der Waals surface area contributed by atoms with Crippen LogP contribution in [0.5, 0.6) is 0 Å². The predicted octanol–water partition coefficient (Wildman–Crippen LogP) is 3.14. The van der Waals surface area contributed by atoms with E-state index >= 15 is 0 Å². The van der Waals surface area contributed by atoms with Crippen molar-refractivity contribution in [3.8, 4) is 0 Å². The molecular formula is C17H22N2O2. The Kier molecular flexibility index (Phi) is 4.46. The van der Waals surface area contributed by atoms with Gasteiger partial charge in [0.2, 0.25) is 5.91 Å². The van der Waals surface area contributed by atoms with Gasteiger partial charge in [-0.3, -0.25) is 4.79 Å². The van der Waals surface area contributed by atoms with Crippen LogP contribution in [0.25, 0.3) is 0 Å². The third kappa shape index (κ3) is 4.18. The van der Waals surface area contributed by atoms with Gasteiger partial charge in [-0.2, -0.15) is 0 Å². The van der Waals surface area contributed by atoms with Crippen molar-refractivity contribution in [2.75, 3.05) is 0 Å². The highest BCUT2D eigenvalue weighted by atomic mass is 16.4. The monoisotopic (exact) mass is 286 g/mol. The van der Waals surface area contributed by atoms with E-state index in [1.54, 1.807) is 0 Å². The number of amides is 1. The number of hydrogen-bond acceptors (Lipinski definition) is 3. The summed E-state index contributed by atoms with van der Waals surface area (Å²) >= 11 is 0. The van der Waals surface area contributed by atoms with Crippen LogP contribution in [0.2, 0.25) is 0 Å². The van der Waals surface area contributed by atoms with Gasteiger partial charge in [0.25, 0.3) is 0 Å². The first-order valence-corrected chi connectivity index (χ1v) is 7.13. The molecule has 0 spiro atoms. The maximum Gasteiger partial charge on any atom is 0.227 e. The van der Waals surface area contributed by atoms with Gasteiger partial charge in [-0.15, -0.1) is 0 Å². The summed E-state index contributed by atoms with van der Waals surface area (Å²) in [4.78, 5) is 16.4. The molecule has 1 N–H and O–H groups in total. The number of aryl methyl sites for hydroxylation is 1. The van der Waals surface area contributed by atoms with Gasteiger partial charge in [0, 0.05) is 12.0 Å². The molecule has 1 heterocycles. The number of carbonyl (C=O) groups excluding carboxylic acids is 1. The highest BCUT2D eigenvalue weighted by Gasteiger charge is 2.23. The molecular weight excluding hydrogens is 264 g/mol. The smallest absolute Gasteiger partial charge is 0.227 e. The average Bonchev–Trinajstić information content (AvgIpc) is 2.79. The third-order valence-corrected chi connectivity index (χ3v) is 3.19. The molecule has 4 heteroatoms. The number of rotatable bonds is 4. The first-order valence-electron chi connectivity index (χ1n) is 7.13. The standard InChI is InChI=1S/C17H22N2O2/c1-12-14(21-16(19-12)17(2,3)4)10-15(20)18-11-13-8-6-5-7-9-13/h5-9H,10-11H2,1-4H3,(H,18,20). The molecule has 112 valence electrons. The normalized spacial score (nSPS) is 11.4. The lowest BCUT2D eigenvalue weighted by molar-refractivity contribution is -0.120. The van der Waals surface area contributed by atoms with Crippen molar-refractivity contribution < 1.29 is 9.21 Å². The van der Waals surface area contributed by atoms with E-state index in [4.69, 9.17) is 4.42 Å². The van der Waals surface area contributed by atoms with E-state index in [0.29, 0.717) is 18.2 Å². The first kappa shape index (κ1) is 15.3. The summed E-state index contributed by atoms with van der Waals surface area (Å²) in [6.45, 7) is 8.52. The zero-order valence-electron chi connectivity index (χ0n) is 13.1. The van der Waals surface area contributed by atoms with Crippen LogP contribution in [0.3, 0.4) is 0 Å². The fraction of sp³-hybridized carbons (Fsp3) is 0.412. The Morgan fingerprint density at radius 1 is 1.24 bits per heavy atom. The number of nitrogens with zero attached hydrogens (tertiary/aromatic N) is 1. The second kappa shape index (κ2) is 6.12. The second-order valence-electron chi connectivity index (χ2n) is 6.22. The lowest BCUT2D eigenvalue weighted by Crippen LogP contribution is -2.24. The number of nitrogens with one attached hydrogen (secondary N) is 1. The van der Waals surface area contributed by atoms with Gasteiger partial charge >= 0.3 is 0 Å². The largest absolute Gasteiger partial charge is 0.444 e. The van der Waals surface area contributed by atoms with Crippen molar-refractivity contribution in [1.82, 2.24) is 10.3 Å². The quantitative estimate of drug-likeness (QED) is 0.939. The van der Waals surface area contributed by atoms with Crippen LogP contribution in [0, 0.1) is 6.92 Å². The summed E-state index contributed by atoms with van der Waals surface area (Å²) in [5.41, 5.74) is 1.72. The number of oxazole rings is 1. The Morgan fingerprint density at radius 3 is 2.48 bits per heavy atom. The van der Waals surface area contributed by atoms with Crippen LogP contribution < -0.4 is 5.32 Å². The van der Waals surface area contributed by atoms with Crippen molar-refractivity contribution >= 4 is 5.91 Å². The summed E-state index contributed by atoms with van der Waals surface area (Å²) < 4.78 is 5.73. The van der Waals surface area contributed by atoms with Crippen molar-refractivity contribution in [3.63, 3.8) is 0 Å². The number of hydrogen-bond donors (Lipinski definition) is 1. The van der Waals surface area contributed by atoms with E-state index in [2.05, 4.69) is 10.3 Å². The first-order chi connectivity index (χ1) is 9.86. The zero-order valence-corrected chi connectivity index (χ0v) is 13.1. The van der Waals surface area contributed by atoms with Crippen LogP contribution in [-0.4, -0.2) is 10.9 Å². The van der Waals surface area contributed by atoms with Gasteiger partial charge in [0.05, 0.1) is 12.1 Å². The van der Waals surface area contributed by atoms with Gasteiger partial charge in [0.15, 0.2) is 5.89 Å². The molecule has 0 saturated carbocycles. The van der Waals surface area contributed by atoms with Gasteiger partial charge < -0.3 is 9.73 Å². The van der Waals surface area contributed by atoms with E-state index in [1.165, 1.54) is 0 Å². The Hall–Kier alpha value is -2.10. The fourth-order valence-electron chi connectivity index (χ4n) is 1.92. The topological polar surface area (TPSA) is 55.1 Å². The van der Waals surface area contributed by atoms with E-state index in [0.717, 1.165) is 11.3 Å². The van der Waals surface area contributed by atoms with Crippen molar-refractivity contribution in [1.29, 1.82) is 0 Å². The molecule has 2 aromatic rings. The van der Waals surface area contributed by atoms with Crippen LogP contribution in [0.1, 0.15) is 43.7 Å². The molecule has 0 bridgehead atoms. The van der Waals surface area contributed by atoms with Crippen LogP contribution in [0.15, 0.2) is 34.7 Å². The summed E-state index contributed by atoms with van der Waals surface area (Å²) in [5, 5.41) is 2.90. The Morgan fingerprint density at radius 2 is 1.90 bits per heavy atom. The van der Waals surface area contributed by atoms with Crippen molar-refractivity contribution in [3.05, 3.63) is 53.2 Å². The number of carbonyl (C=O) groups is 1. The highest BCUT2D eigenvalue weighted by molar-refractivity contribution is 5.78. The van der Waals surface area contributed by atoms with Crippen LogP contribution in [0.4, 0.5) is 0 Å². The molecule has 0 aliphatic rings. The Labute approximate surface area is 125 Å². The lowest BCUT2D eigenvalue weighted by atomic mass is 9.97. The van der Waals surface area contributed by atoms with Gasteiger partial charge in [0.1, 0.15) is 5.76 Å². The molecule has 1 amide bonds. The molecule has 0 radical (unpaired) electrons. The molecule has 21 heavy (non-hydrogen) atoms. The Balaban J connectivity index is 1.95. The molecule has 4 nitrogen and oxygen atoms in total. The van der Waals surface area contributed by atoms with Gasteiger partial charge in [-0.05, 0) is 12.5 Å². The molecule has 2 rings (SSSR count). The predicted molar refractivity (Wildman–Crippen MR) is 81.9 cm³/mol. The van der Waals surface area contributed by atoms with E-state index in [1.807, 2.05) is 58.0 Å². The minimum atomic E-state index is -0.149. The molecule has 0 saturated heterocycles. The number of benzene rings is 1. The van der Waals surface area contributed by atoms with E-state index < -0.39 is 0 Å². The molecule has 0 aliphatic heterocycles. The van der Waals surface area contributed by atoms with E-state index in [9.17, 15) is 4.79 Å². The third-order valence-electron chi connectivity index (χ3n) is 3.19. The minimum Gasteiger partial charge on any atom is -0.444 e. The van der Waals surface area contributed by atoms with Gasteiger partial charge in [-0.1, -0.05) is 51.1 Å². The second-order valence-corrected chi connectivity index (χ2v) is 6.22. The van der Waals surface area contributed by atoms with Crippen LogP contribution >= 0.6 is 0 Å². The lowest BCUT2D eigenvalue weighted by Gasteiger charge is -2.12. The molecule has 0 unspecified atom stereocenters. The molecule has 1 aromatic heterocycles. The van der Waals surface area contributed by atoms with Crippen molar-refractivity contribution in [2.45, 2.75) is 46.1 Å². The summed E-state index contributed by atoms with van der Waals surface area (Å²) in [6, 6.07) is 9.84. The Bertz CT molecular complexity index is 609. The maximum atomic E-state index is 12.0. The molecule has 0 aliphatic carbocycles. The summed E-state index contributed by atoms with van der Waals surface area (Å²) in [5.74, 6) is 1.26. The molecule has 0 fully saturated rings. The van der Waals surface area contributed by atoms with Crippen LogP contribution in [-0.2, 0) is 23.2 Å². The number of aromatic nitrogens is 1. The summed E-state index contributed by atoms with van der Waals surface area (Å²) in [7, 11) is 0.